The largest absolute Gasteiger partial charge is 2.00 e. The van der Waals surface area contributed by atoms with Gasteiger partial charge in [-0.1, -0.05) is 24.3 Å². The summed E-state index contributed by atoms with van der Waals surface area (Å²) in [6, 6.07) is 15.8. The summed E-state index contributed by atoms with van der Waals surface area (Å²) in [5, 5.41) is 1.18. The van der Waals surface area contributed by atoms with Crippen LogP contribution in [0.1, 0.15) is 0 Å². The molecule has 2 aliphatic heterocycles. The van der Waals surface area contributed by atoms with Gasteiger partial charge in [0.05, 0.1) is 42.9 Å². The number of hydrogen-bond acceptors (Lipinski definition) is 12. The second-order valence-corrected chi connectivity index (χ2v) is 16.5. The van der Waals surface area contributed by atoms with Crippen molar-refractivity contribution in [2.45, 2.75) is 19.6 Å². The number of rotatable bonds is 4. The van der Waals surface area contributed by atoms with Crippen LogP contribution in [0, 0.1) is 0 Å². The van der Waals surface area contributed by atoms with Gasteiger partial charge in [-0.2, -0.15) is 16.8 Å². The summed E-state index contributed by atoms with van der Waals surface area (Å²) in [6.45, 7) is 0. The zero-order valence-electron chi connectivity index (χ0n) is 27.1. The van der Waals surface area contributed by atoms with E-state index in [0.29, 0.717) is 10.8 Å². The van der Waals surface area contributed by atoms with Crippen molar-refractivity contribution in [1.29, 1.82) is 0 Å². The van der Waals surface area contributed by atoms with Crippen LogP contribution in [0.4, 0.5) is 0 Å². The van der Waals surface area contributed by atoms with Crippen molar-refractivity contribution in [1.82, 2.24) is 39.9 Å². The second kappa shape index (κ2) is 13.0. The Morgan fingerprint density at radius 1 is 0.455 bits per heavy atom. The van der Waals surface area contributed by atoms with Gasteiger partial charge >= 0.3 is 19.5 Å². The first-order valence-corrected chi connectivity index (χ1v) is 20.2. The van der Waals surface area contributed by atoms with E-state index in [-0.39, 0.29) is 108 Å². The Hall–Kier alpha value is -5.10. The Morgan fingerprint density at radius 2 is 0.800 bits per heavy atom. The molecular formula is C32H16N8O10S4Zn. The predicted molar refractivity (Wildman–Crippen MR) is 192 cm³/mol. The Balaban J connectivity index is 0.00000427. The number of aromatic nitrogens is 8. The van der Waals surface area contributed by atoms with Crippen LogP contribution >= 0.6 is 0 Å². The van der Waals surface area contributed by atoms with Crippen LogP contribution in [0.5, 0.6) is 0 Å². The van der Waals surface area contributed by atoms with Crippen molar-refractivity contribution in [2.24, 2.45) is 0 Å². The van der Waals surface area contributed by atoms with Gasteiger partial charge in [-0.05, 0) is 70.1 Å². The average Bonchev–Trinajstić information content (AvgIpc) is 3.85. The van der Waals surface area contributed by atoms with Gasteiger partial charge in [0.1, 0.15) is 0 Å². The quantitative estimate of drug-likeness (QED) is 0.111. The first kappa shape index (κ1) is 36.9. The van der Waals surface area contributed by atoms with E-state index in [4.69, 9.17) is 0 Å². The molecular weight excluding hydrogens is 850 g/mol. The maximum absolute atomic E-state index is 12.2. The molecule has 0 spiro atoms. The van der Waals surface area contributed by atoms with E-state index < -0.39 is 52.2 Å². The molecule has 0 saturated carbocycles. The van der Waals surface area contributed by atoms with E-state index >= 15 is 0 Å². The molecule has 2 atom stereocenters. The molecule has 270 valence electrons. The third-order valence-electron chi connectivity index (χ3n) is 8.58. The van der Waals surface area contributed by atoms with Crippen LogP contribution < -0.4 is 9.97 Å². The molecule has 3 aromatic heterocycles. The smallest absolute Gasteiger partial charge is 0.357 e. The maximum atomic E-state index is 12.2. The van der Waals surface area contributed by atoms with Crippen molar-refractivity contribution in [3.05, 3.63) is 72.8 Å². The molecule has 4 aromatic carbocycles. The van der Waals surface area contributed by atoms with Gasteiger partial charge in [0.25, 0.3) is 20.2 Å². The third kappa shape index (κ3) is 6.28. The van der Waals surface area contributed by atoms with Crippen LogP contribution in [0.15, 0.2) is 92.4 Å². The summed E-state index contributed by atoms with van der Waals surface area (Å²) in [6.07, 6.45) is 0. The van der Waals surface area contributed by atoms with Crippen molar-refractivity contribution >= 4 is 86.5 Å². The summed E-state index contributed by atoms with van der Waals surface area (Å²) >= 11 is -4.81. The maximum Gasteiger partial charge on any atom is 2.00 e. The van der Waals surface area contributed by atoms with Crippen molar-refractivity contribution in [2.75, 3.05) is 0 Å². The van der Waals surface area contributed by atoms with E-state index in [1.807, 2.05) is 0 Å². The molecule has 2 aliphatic rings. The van der Waals surface area contributed by atoms with Gasteiger partial charge < -0.3 is 39.0 Å². The van der Waals surface area contributed by atoms with Gasteiger partial charge in [-0.3, -0.25) is 9.11 Å². The fraction of sp³-hybridized carbons (Fsp3) is 0. The van der Waals surface area contributed by atoms with Crippen LogP contribution in [0.2, 0.25) is 0 Å². The first-order valence-electron chi connectivity index (χ1n) is 15.1. The number of benzene rings is 4. The summed E-state index contributed by atoms with van der Waals surface area (Å²) < 4.78 is 112. The van der Waals surface area contributed by atoms with Crippen molar-refractivity contribution in [3.63, 3.8) is 0 Å². The molecule has 2 unspecified atom stereocenters. The summed E-state index contributed by atoms with van der Waals surface area (Å²) in [7, 11) is -9.37. The minimum Gasteiger partial charge on any atom is -0.357 e. The van der Waals surface area contributed by atoms with Crippen LogP contribution in [-0.4, -0.2) is 73.4 Å². The molecule has 8 bridgehead atoms. The molecule has 0 fully saturated rings. The minimum absolute atomic E-state index is 0. The monoisotopic (exact) mass is 864 g/mol. The molecule has 55 heavy (non-hydrogen) atoms. The molecule has 7 aromatic rings. The van der Waals surface area contributed by atoms with Crippen LogP contribution in [0.25, 0.3) is 89.7 Å². The molecule has 4 N–H and O–H groups in total. The summed E-state index contributed by atoms with van der Waals surface area (Å²) in [4.78, 5) is 36.0. The van der Waals surface area contributed by atoms with E-state index in [9.17, 15) is 43.5 Å². The Labute approximate surface area is 325 Å². The zero-order chi connectivity index (χ0) is 37.8. The van der Waals surface area contributed by atoms with Gasteiger partial charge in [0.15, 0.2) is 22.2 Å². The van der Waals surface area contributed by atoms with Crippen LogP contribution in [-0.2, 0) is 61.9 Å². The van der Waals surface area contributed by atoms with Gasteiger partial charge in [-0.15, -0.1) is 0 Å². The SMILES string of the molecule is O=S(O)c1ccc2c3nc4nc(nc5[n-]c(nc6nc(nc([n-]3)c2c1)-c1ccc(S(=O)(=O)O)cc1-6)c1ccc(S(=O)O)cc51)-c1ccc(S(=O)(=O)O)cc1-4.[Zn+2]. The molecule has 9 rings (SSSR count). The number of fused-ring (bicyclic) bond motifs is 20. The Bertz CT molecular complexity index is 3100. The molecule has 0 aliphatic carbocycles. The van der Waals surface area contributed by atoms with E-state index in [2.05, 4.69) is 39.9 Å². The molecule has 0 saturated heterocycles. The molecule has 5 heterocycles. The summed E-state index contributed by atoms with van der Waals surface area (Å²) in [5.41, 5.74) is 0.744. The van der Waals surface area contributed by atoms with E-state index in [1.54, 1.807) is 0 Å². The molecule has 23 heteroatoms. The topological polar surface area (TPSA) is 289 Å². The van der Waals surface area contributed by atoms with Gasteiger partial charge in [-0.25, -0.2) is 18.4 Å². The normalized spacial score (nSPS) is 13.6. The second-order valence-electron chi connectivity index (χ2n) is 11.8. The van der Waals surface area contributed by atoms with Crippen LogP contribution in [0.3, 0.4) is 0 Å². The average molecular weight is 866 g/mol. The fourth-order valence-corrected chi connectivity index (χ4v) is 7.94. The number of nitrogens with zero attached hydrogens (tertiary/aromatic N) is 8. The Morgan fingerprint density at radius 3 is 1.15 bits per heavy atom. The van der Waals surface area contributed by atoms with E-state index in [0.717, 1.165) is 24.3 Å². The molecule has 0 amide bonds. The number of hydrogen-bond donors (Lipinski definition) is 4. The fourth-order valence-electron chi connectivity index (χ4n) is 6.12. The molecule has 18 nitrogen and oxygen atoms in total. The standard InChI is InChI=1S/C32H16N8O10S4.Zn/c41-51(42)13-1-5-17-21(9-13)29-33-25(17)37-31-23-11-15(53(45,46)47)3-7-19(23)28(39-31)36-30-22-10-14(52(43)44)2-6-18(22)26(34-30)38-32-24-12-16(54(48,49)50)4-8-20(24)27(35-29)40-32;/h1-12H,(H4-2,33,34,35,36,37,38,39,40,41,42,43,44,45,46,47,48,49,50);/q-2;+2. The van der Waals surface area contributed by atoms with Gasteiger partial charge in [0, 0.05) is 44.8 Å². The van der Waals surface area contributed by atoms with Crippen molar-refractivity contribution in [3.8, 4) is 45.6 Å². The van der Waals surface area contributed by atoms with E-state index in [1.165, 1.54) is 48.5 Å². The zero-order valence-corrected chi connectivity index (χ0v) is 33.3. The predicted octanol–water partition coefficient (Wildman–Crippen LogP) is 3.78. The summed E-state index contributed by atoms with van der Waals surface area (Å²) in [5.74, 6) is -0.210. The first-order chi connectivity index (χ1) is 25.6. The van der Waals surface area contributed by atoms with Gasteiger partial charge in [0.2, 0.25) is 0 Å². The van der Waals surface area contributed by atoms with Crippen molar-refractivity contribution < 1.29 is 62.9 Å². The third-order valence-corrected chi connectivity index (χ3v) is 11.6. The Kier molecular flexibility index (Phi) is 8.71. The molecule has 0 radical (unpaired) electrons. The minimum atomic E-state index is -4.68.